The summed E-state index contributed by atoms with van der Waals surface area (Å²) in [5.74, 6) is -0.805. The Morgan fingerprint density at radius 2 is 1.67 bits per heavy atom. The Labute approximate surface area is 141 Å². The zero-order valence-electron chi connectivity index (χ0n) is 13.8. The van der Waals surface area contributed by atoms with E-state index in [0.29, 0.717) is 18.8 Å². The quantitative estimate of drug-likeness (QED) is 0.593. The summed E-state index contributed by atoms with van der Waals surface area (Å²) in [6.45, 7) is 4.14. The lowest BCUT2D eigenvalue weighted by Gasteiger charge is -2.09. The highest BCUT2D eigenvalue weighted by atomic mass is 16.5. The Bertz CT molecular complexity index is 733. The van der Waals surface area contributed by atoms with Crippen molar-refractivity contribution < 1.29 is 19.1 Å². The van der Waals surface area contributed by atoms with Gasteiger partial charge in [-0.15, -0.1) is 0 Å². The number of carbonyl (C=O) groups is 2. The van der Waals surface area contributed by atoms with Gasteiger partial charge in [0.05, 0.1) is 18.8 Å². The van der Waals surface area contributed by atoms with Crippen LogP contribution in [0.5, 0.6) is 0 Å². The van der Waals surface area contributed by atoms with Crippen molar-refractivity contribution in [1.29, 1.82) is 0 Å². The highest BCUT2D eigenvalue weighted by Gasteiger charge is 2.10. The molecule has 0 fully saturated rings. The van der Waals surface area contributed by atoms with Gasteiger partial charge in [-0.1, -0.05) is 36.4 Å². The Kier molecular flexibility index (Phi) is 6.32. The van der Waals surface area contributed by atoms with Gasteiger partial charge in [-0.05, 0) is 48.7 Å². The minimum atomic E-state index is -0.418. The van der Waals surface area contributed by atoms with Crippen molar-refractivity contribution in [3.63, 3.8) is 0 Å². The molecule has 2 aromatic carbocycles. The first-order valence-corrected chi connectivity index (χ1v) is 7.87. The van der Waals surface area contributed by atoms with Crippen molar-refractivity contribution in [2.75, 3.05) is 13.2 Å². The van der Waals surface area contributed by atoms with Crippen LogP contribution < -0.4 is 0 Å². The van der Waals surface area contributed by atoms with E-state index >= 15 is 0 Å². The van der Waals surface area contributed by atoms with E-state index in [2.05, 4.69) is 0 Å². The van der Waals surface area contributed by atoms with Crippen LogP contribution in [-0.4, -0.2) is 25.2 Å². The number of carbonyl (C=O) groups excluding carboxylic acids is 2. The first kappa shape index (κ1) is 17.5. The number of hydrogen-bond donors (Lipinski definition) is 0. The molecule has 0 N–H and O–H groups in total. The average Bonchev–Trinajstić information content (AvgIpc) is 2.61. The molecular weight excluding hydrogens is 304 g/mol. The first-order chi connectivity index (χ1) is 11.7. The van der Waals surface area contributed by atoms with Gasteiger partial charge in [-0.3, -0.25) is 0 Å². The van der Waals surface area contributed by atoms with Crippen LogP contribution in [0.1, 0.15) is 29.8 Å². The predicted molar refractivity (Wildman–Crippen MR) is 93.5 cm³/mol. The fraction of sp³-hybridized carbons (Fsp3) is 0.200. The van der Waals surface area contributed by atoms with Gasteiger partial charge in [-0.25, -0.2) is 9.59 Å². The lowest BCUT2D eigenvalue weighted by atomic mass is 9.97. The maximum absolute atomic E-state index is 11.9. The van der Waals surface area contributed by atoms with Crippen molar-refractivity contribution in [1.82, 2.24) is 0 Å². The molecule has 0 amide bonds. The molecule has 0 saturated carbocycles. The Morgan fingerprint density at radius 1 is 0.958 bits per heavy atom. The molecule has 0 unspecified atom stereocenters. The van der Waals surface area contributed by atoms with Gasteiger partial charge in [0.2, 0.25) is 0 Å². The van der Waals surface area contributed by atoms with Crippen molar-refractivity contribution >= 4 is 18.0 Å². The van der Waals surface area contributed by atoms with Crippen LogP contribution in [0.3, 0.4) is 0 Å². The van der Waals surface area contributed by atoms with E-state index < -0.39 is 5.97 Å². The molecule has 0 aliphatic carbocycles. The average molecular weight is 324 g/mol. The topological polar surface area (TPSA) is 52.6 Å². The SMILES string of the molecule is CCOC(=O)/C=C/c1cc(C(=O)OCC)ccc1-c1ccccc1. The second-order valence-corrected chi connectivity index (χ2v) is 4.97. The van der Waals surface area contributed by atoms with Gasteiger partial charge in [0.25, 0.3) is 0 Å². The molecule has 2 rings (SSSR count). The molecule has 2 aromatic rings. The van der Waals surface area contributed by atoms with E-state index in [0.717, 1.165) is 16.7 Å². The summed E-state index contributed by atoms with van der Waals surface area (Å²) in [5.41, 5.74) is 3.11. The molecule has 24 heavy (non-hydrogen) atoms. The largest absolute Gasteiger partial charge is 0.463 e. The van der Waals surface area contributed by atoms with E-state index in [9.17, 15) is 9.59 Å². The van der Waals surface area contributed by atoms with E-state index in [-0.39, 0.29) is 5.97 Å². The summed E-state index contributed by atoms with van der Waals surface area (Å²) in [6.07, 6.45) is 3.02. The summed E-state index contributed by atoms with van der Waals surface area (Å²) in [6, 6.07) is 15.1. The van der Waals surface area contributed by atoms with Crippen molar-refractivity contribution in [3.8, 4) is 11.1 Å². The third-order valence-electron chi connectivity index (χ3n) is 3.33. The molecule has 4 heteroatoms. The lowest BCUT2D eigenvalue weighted by molar-refractivity contribution is -0.137. The Morgan fingerprint density at radius 3 is 2.33 bits per heavy atom. The van der Waals surface area contributed by atoms with Crippen LogP contribution in [0.25, 0.3) is 17.2 Å². The zero-order chi connectivity index (χ0) is 17.4. The summed E-state index contributed by atoms with van der Waals surface area (Å²) < 4.78 is 9.95. The lowest BCUT2D eigenvalue weighted by Crippen LogP contribution is -2.05. The fourth-order valence-corrected chi connectivity index (χ4v) is 2.27. The molecule has 124 valence electrons. The molecule has 0 heterocycles. The summed E-state index contributed by atoms with van der Waals surface area (Å²) in [5, 5.41) is 0. The van der Waals surface area contributed by atoms with Crippen LogP contribution >= 0.6 is 0 Å². The number of esters is 2. The predicted octanol–water partition coefficient (Wildman–Crippen LogP) is 4.11. The standard InChI is InChI=1S/C20H20O4/c1-3-23-19(21)13-11-16-14-17(20(22)24-4-2)10-12-18(16)15-8-6-5-7-9-15/h5-14H,3-4H2,1-2H3/b13-11+. The van der Waals surface area contributed by atoms with Gasteiger partial charge in [0.15, 0.2) is 0 Å². The minimum absolute atomic E-state index is 0.313. The van der Waals surface area contributed by atoms with E-state index in [1.165, 1.54) is 6.08 Å². The zero-order valence-corrected chi connectivity index (χ0v) is 13.8. The number of hydrogen-bond acceptors (Lipinski definition) is 4. The molecular formula is C20H20O4. The van der Waals surface area contributed by atoms with Crippen LogP contribution in [0.15, 0.2) is 54.6 Å². The summed E-state index contributed by atoms with van der Waals surface area (Å²) in [7, 11) is 0. The number of benzene rings is 2. The molecule has 0 aliphatic heterocycles. The van der Waals surface area contributed by atoms with Crippen LogP contribution in [0, 0.1) is 0 Å². The fourth-order valence-electron chi connectivity index (χ4n) is 2.27. The van der Waals surface area contributed by atoms with Gasteiger partial charge >= 0.3 is 11.9 Å². The molecule has 4 nitrogen and oxygen atoms in total. The molecule has 0 aromatic heterocycles. The third kappa shape index (κ3) is 4.56. The smallest absolute Gasteiger partial charge is 0.338 e. The van der Waals surface area contributed by atoms with Crippen LogP contribution in [0.4, 0.5) is 0 Å². The van der Waals surface area contributed by atoms with Gasteiger partial charge < -0.3 is 9.47 Å². The third-order valence-corrected chi connectivity index (χ3v) is 3.33. The maximum Gasteiger partial charge on any atom is 0.338 e. The normalized spacial score (nSPS) is 10.6. The molecule has 0 bridgehead atoms. The Hall–Kier alpha value is -2.88. The monoisotopic (exact) mass is 324 g/mol. The molecule has 0 atom stereocenters. The van der Waals surface area contributed by atoms with Crippen LogP contribution in [0.2, 0.25) is 0 Å². The van der Waals surface area contributed by atoms with Gasteiger partial charge in [0.1, 0.15) is 0 Å². The second-order valence-electron chi connectivity index (χ2n) is 4.97. The van der Waals surface area contributed by atoms with Crippen molar-refractivity contribution in [2.24, 2.45) is 0 Å². The first-order valence-electron chi connectivity index (χ1n) is 7.87. The van der Waals surface area contributed by atoms with Crippen molar-refractivity contribution in [3.05, 3.63) is 65.7 Å². The minimum Gasteiger partial charge on any atom is -0.463 e. The molecule has 0 saturated heterocycles. The molecule has 0 aliphatic rings. The van der Waals surface area contributed by atoms with E-state index in [1.807, 2.05) is 36.4 Å². The second kappa shape index (κ2) is 8.67. The highest BCUT2D eigenvalue weighted by molar-refractivity contribution is 5.94. The maximum atomic E-state index is 11.9. The Balaban J connectivity index is 2.43. The number of ether oxygens (including phenoxy) is 2. The number of rotatable bonds is 6. The highest BCUT2D eigenvalue weighted by Crippen LogP contribution is 2.26. The van der Waals surface area contributed by atoms with E-state index in [1.54, 1.807) is 32.1 Å². The molecule has 0 radical (unpaired) electrons. The summed E-state index contributed by atoms with van der Waals surface area (Å²) >= 11 is 0. The van der Waals surface area contributed by atoms with Crippen molar-refractivity contribution in [2.45, 2.75) is 13.8 Å². The van der Waals surface area contributed by atoms with E-state index in [4.69, 9.17) is 9.47 Å². The van der Waals surface area contributed by atoms with Gasteiger partial charge in [0, 0.05) is 6.08 Å². The molecule has 0 spiro atoms. The van der Waals surface area contributed by atoms with Gasteiger partial charge in [-0.2, -0.15) is 0 Å². The van der Waals surface area contributed by atoms with Crippen LogP contribution in [-0.2, 0) is 14.3 Å². The summed E-state index contributed by atoms with van der Waals surface area (Å²) in [4.78, 5) is 23.5.